The van der Waals surface area contributed by atoms with Gasteiger partial charge in [0.15, 0.2) is 5.82 Å². The number of tetrazole rings is 1. The number of fused-ring (bicyclic) bond motifs is 1. The van der Waals surface area contributed by atoms with Crippen LogP contribution < -0.4 is 0 Å². The molecule has 10 heteroatoms. The van der Waals surface area contributed by atoms with Gasteiger partial charge in [-0.15, -0.1) is 5.10 Å². The molecule has 0 amide bonds. The lowest BCUT2D eigenvalue weighted by atomic mass is 10.1. The van der Waals surface area contributed by atoms with Crippen LogP contribution in [0.25, 0.3) is 22.7 Å². The normalized spacial score (nSPS) is 12.1. The minimum absolute atomic E-state index is 0.210. The molecule has 0 aliphatic rings. The van der Waals surface area contributed by atoms with Gasteiger partial charge in [0.25, 0.3) is 0 Å². The Bertz CT molecular complexity index is 778. The third kappa shape index (κ3) is 2.60. The van der Waals surface area contributed by atoms with E-state index in [1.807, 2.05) is 6.07 Å². The molecule has 3 rings (SSSR count). The van der Waals surface area contributed by atoms with Crippen LogP contribution in [0.1, 0.15) is 5.56 Å². The van der Waals surface area contributed by atoms with Gasteiger partial charge in [0.2, 0.25) is 5.82 Å². The number of benzene rings is 1. The van der Waals surface area contributed by atoms with E-state index in [4.69, 9.17) is 9.79 Å². The Labute approximate surface area is 112 Å². The van der Waals surface area contributed by atoms with Crippen molar-refractivity contribution >= 4 is 18.6 Å². The Kier molecular flexibility index (Phi) is 3.09. The summed E-state index contributed by atoms with van der Waals surface area (Å²) in [6, 6.07) is 5.43. The second kappa shape index (κ2) is 4.78. The maximum absolute atomic E-state index is 11.0. The van der Waals surface area contributed by atoms with Crippen molar-refractivity contribution in [2.45, 2.75) is 6.42 Å². The van der Waals surface area contributed by atoms with Crippen molar-refractivity contribution in [3.63, 3.8) is 0 Å². The van der Waals surface area contributed by atoms with Crippen LogP contribution >= 0.6 is 7.60 Å². The van der Waals surface area contributed by atoms with Gasteiger partial charge in [-0.1, -0.05) is 12.1 Å². The molecule has 4 N–H and O–H groups in total. The second-order valence-electron chi connectivity index (χ2n) is 4.29. The lowest BCUT2D eigenvalue weighted by Crippen LogP contribution is -1.94. The number of nitrogens with zero attached hydrogens (tertiary/aromatic N) is 4. The maximum Gasteiger partial charge on any atom is 0.325 e. The first kappa shape index (κ1) is 12.9. The van der Waals surface area contributed by atoms with Gasteiger partial charge in [-0.05, 0) is 28.5 Å². The molecule has 0 saturated heterocycles. The van der Waals surface area contributed by atoms with Crippen molar-refractivity contribution in [2.75, 3.05) is 6.16 Å². The van der Waals surface area contributed by atoms with Crippen molar-refractivity contribution in [1.29, 1.82) is 0 Å². The molecule has 2 heterocycles. The van der Waals surface area contributed by atoms with E-state index >= 15 is 0 Å². The molecule has 0 spiro atoms. The fraction of sp³-hybridized carbons (Fsp3) is 0.200. The Morgan fingerprint density at radius 2 is 2.10 bits per heavy atom. The first-order valence-corrected chi connectivity index (χ1v) is 7.59. The molecule has 104 valence electrons. The zero-order valence-electron chi connectivity index (χ0n) is 10.2. The van der Waals surface area contributed by atoms with E-state index < -0.39 is 7.60 Å². The smallest absolute Gasteiger partial charge is 0.325 e. The molecule has 9 nitrogen and oxygen atoms in total. The van der Waals surface area contributed by atoms with Gasteiger partial charge < -0.3 is 14.8 Å². The number of aromatic amines is 2. The Hall–Kier alpha value is -2.09. The Balaban J connectivity index is 1.99. The van der Waals surface area contributed by atoms with E-state index in [0.717, 1.165) is 11.1 Å². The van der Waals surface area contributed by atoms with Crippen LogP contribution in [0.2, 0.25) is 0 Å². The largest absolute Gasteiger partial charge is 0.335 e. The molecule has 3 aromatic rings. The minimum Gasteiger partial charge on any atom is -0.335 e. The van der Waals surface area contributed by atoms with Crippen molar-refractivity contribution in [2.24, 2.45) is 0 Å². The number of aromatic nitrogens is 6. The summed E-state index contributed by atoms with van der Waals surface area (Å²) in [5, 5.41) is 13.3. The summed E-state index contributed by atoms with van der Waals surface area (Å²) in [6.45, 7) is 0. The molecule has 0 aliphatic heterocycles. The van der Waals surface area contributed by atoms with Crippen LogP contribution in [0.4, 0.5) is 0 Å². The molecule has 0 aliphatic carbocycles. The maximum atomic E-state index is 11.0. The van der Waals surface area contributed by atoms with E-state index in [-0.39, 0.29) is 12.6 Å². The summed E-state index contributed by atoms with van der Waals surface area (Å²) in [6.07, 6.45) is 0.0404. The van der Waals surface area contributed by atoms with Gasteiger partial charge >= 0.3 is 7.60 Å². The predicted molar refractivity (Wildman–Crippen MR) is 69.9 cm³/mol. The number of nitrogens with one attached hydrogen (secondary N) is 2. The number of H-pyrrole nitrogens is 2. The lowest BCUT2D eigenvalue weighted by Gasteiger charge is -2.04. The molecule has 20 heavy (non-hydrogen) atoms. The topological polar surface area (TPSA) is 141 Å². The summed E-state index contributed by atoms with van der Waals surface area (Å²) in [4.78, 5) is 25.3. The average molecular weight is 294 g/mol. The highest BCUT2D eigenvalue weighted by Gasteiger charge is 2.16. The van der Waals surface area contributed by atoms with Crippen LogP contribution in [0.15, 0.2) is 18.2 Å². The van der Waals surface area contributed by atoms with Crippen LogP contribution in [0.5, 0.6) is 0 Å². The molecule has 0 fully saturated rings. The second-order valence-corrected chi connectivity index (χ2v) is 6.06. The van der Waals surface area contributed by atoms with E-state index in [0.29, 0.717) is 17.2 Å². The monoisotopic (exact) mass is 294 g/mol. The highest BCUT2D eigenvalue weighted by Crippen LogP contribution is 2.35. The Morgan fingerprint density at radius 3 is 2.80 bits per heavy atom. The standard InChI is InChI=1S/C10H11N6O3P/c17-20(18,19)5-4-6-2-1-3-7-8(6)12-9(11-7)10-13-15-16-14-10/h1-3H,4-5H2,(H,11,12)(H2,17,18,19)(H,13,14,15,16). The van der Waals surface area contributed by atoms with Crippen molar-refractivity contribution in [3.8, 4) is 11.6 Å². The number of rotatable bonds is 4. The summed E-state index contributed by atoms with van der Waals surface area (Å²) in [7, 11) is -4.03. The summed E-state index contributed by atoms with van der Waals surface area (Å²) >= 11 is 0. The van der Waals surface area contributed by atoms with Gasteiger partial charge in [-0.25, -0.2) is 10.1 Å². The molecule has 1 aromatic carbocycles. The molecular weight excluding hydrogens is 283 g/mol. The molecule has 0 unspecified atom stereocenters. The van der Waals surface area contributed by atoms with Crippen molar-refractivity contribution < 1.29 is 14.4 Å². The average Bonchev–Trinajstić information content (AvgIpc) is 3.03. The van der Waals surface area contributed by atoms with E-state index in [1.54, 1.807) is 12.1 Å². The van der Waals surface area contributed by atoms with E-state index in [9.17, 15) is 4.57 Å². The van der Waals surface area contributed by atoms with Gasteiger partial charge in [0, 0.05) is 0 Å². The summed E-state index contributed by atoms with van der Waals surface area (Å²) in [5.41, 5.74) is 2.19. The molecule has 0 radical (unpaired) electrons. The van der Waals surface area contributed by atoms with E-state index in [1.165, 1.54) is 0 Å². The molecular formula is C10H11N6O3P. The first-order valence-electron chi connectivity index (χ1n) is 5.79. The molecule has 0 atom stereocenters. The zero-order chi connectivity index (χ0) is 14.2. The Morgan fingerprint density at radius 1 is 1.25 bits per heavy atom. The number of aryl methyl sites for hydroxylation is 1. The lowest BCUT2D eigenvalue weighted by molar-refractivity contribution is 0.373. The van der Waals surface area contributed by atoms with Gasteiger partial charge in [0.1, 0.15) is 0 Å². The zero-order valence-corrected chi connectivity index (χ0v) is 11.1. The SMILES string of the molecule is O=P(O)(O)CCc1cccc2[nH]c(-c3nnn[nH]3)nc12. The van der Waals surface area contributed by atoms with Gasteiger partial charge in [0.05, 0.1) is 17.2 Å². The van der Waals surface area contributed by atoms with Crippen LogP contribution in [-0.4, -0.2) is 46.5 Å². The number of hydrogen-bond donors (Lipinski definition) is 4. The fourth-order valence-corrected chi connectivity index (χ4v) is 2.46. The molecule has 2 aromatic heterocycles. The third-order valence-electron chi connectivity index (χ3n) is 2.84. The highest BCUT2D eigenvalue weighted by atomic mass is 31.2. The third-order valence-corrected chi connectivity index (χ3v) is 3.64. The molecule has 0 bridgehead atoms. The van der Waals surface area contributed by atoms with E-state index in [2.05, 4.69) is 30.6 Å². The van der Waals surface area contributed by atoms with Crippen LogP contribution in [0.3, 0.4) is 0 Å². The predicted octanol–water partition coefficient (Wildman–Crippen LogP) is 0.463. The number of hydrogen-bond acceptors (Lipinski definition) is 5. The summed E-state index contributed by atoms with van der Waals surface area (Å²) in [5.74, 6) is 0.885. The van der Waals surface area contributed by atoms with Crippen LogP contribution in [0, 0.1) is 0 Å². The minimum atomic E-state index is -4.03. The first-order chi connectivity index (χ1) is 9.53. The number of para-hydroxylation sites is 1. The van der Waals surface area contributed by atoms with Gasteiger partial charge in [-0.2, -0.15) is 0 Å². The van der Waals surface area contributed by atoms with Crippen molar-refractivity contribution in [3.05, 3.63) is 23.8 Å². The van der Waals surface area contributed by atoms with Crippen LogP contribution in [-0.2, 0) is 11.0 Å². The quantitative estimate of drug-likeness (QED) is 0.512. The summed E-state index contributed by atoms with van der Waals surface area (Å²) < 4.78 is 11.0. The highest BCUT2D eigenvalue weighted by molar-refractivity contribution is 7.51. The number of imidazole rings is 1. The molecule has 0 saturated carbocycles. The van der Waals surface area contributed by atoms with Crippen molar-refractivity contribution in [1.82, 2.24) is 30.6 Å². The van der Waals surface area contributed by atoms with Gasteiger partial charge in [-0.3, -0.25) is 4.57 Å². The fourth-order valence-electron chi connectivity index (χ4n) is 1.93.